The Balaban J connectivity index is 3.24. The molecule has 1 rings (SSSR count). The van der Waals surface area contributed by atoms with Gasteiger partial charge >= 0.3 is 0 Å². The molecule has 0 spiro atoms. The fourth-order valence-corrected chi connectivity index (χ4v) is 104. The van der Waals surface area contributed by atoms with Crippen LogP contribution in [0, 0.1) is 0 Å². The third kappa shape index (κ3) is 3.86. The van der Waals surface area contributed by atoms with E-state index in [-0.39, 0.29) is 0 Å². The molecule has 5 heteroatoms. The van der Waals surface area contributed by atoms with Crippen LogP contribution in [-0.2, 0) is 6.42 Å². The number of phenols is 1. The highest BCUT2D eigenvalue weighted by molar-refractivity contribution is 7.89. The molecule has 22 heavy (non-hydrogen) atoms. The summed E-state index contributed by atoms with van der Waals surface area (Å²) in [7, 11) is -3.48. The zero-order chi connectivity index (χ0) is 17.4. The van der Waals surface area contributed by atoms with Crippen molar-refractivity contribution in [1.29, 1.82) is 0 Å². The summed E-state index contributed by atoms with van der Waals surface area (Å²) >= 11 is 0. The third-order valence-electron chi connectivity index (χ3n) is 5.57. The molecule has 0 saturated heterocycles. The second-order valence-electron chi connectivity index (χ2n) is 9.82. The van der Waals surface area contributed by atoms with E-state index in [1.54, 1.807) is 0 Å². The van der Waals surface area contributed by atoms with Crippen molar-refractivity contribution >= 4 is 29.4 Å². The van der Waals surface area contributed by atoms with Crippen LogP contribution in [0.15, 0.2) is 24.3 Å². The van der Waals surface area contributed by atoms with E-state index < -0.39 is 29.4 Å². The molecule has 1 nitrogen and oxygen atoms in total. The van der Waals surface area contributed by atoms with Gasteiger partial charge in [-0.1, -0.05) is 77.1 Å². The van der Waals surface area contributed by atoms with Crippen molar-refractivity contribution in [3.63, 3.8) is 0 Å². The fourth-order valence-electron chi connectivity index (χ4n) is 5.49. The molecule has 0 bridgehead atoms. The van der Waals surface area contributed by atoms with Crippen LogP contribution in [0.5, 0.6) is 5.75 Å². The molecular weight excluding hydrogens is 333 g/mol. The molecule has 0 unspecified atom stereocenters. The van der Waals surface area contributed by atoms with Crippen molar-refractivity contribution < 1.29 is 5.11 Å². The minimum absolute atomic E-state index is 0.382. The molecule has 0 radical (unpaired) electrons. The second-order valence-corrected chi connectivity index (χ2v) is 51.3. The van der Waals surface area contributed by atoms with E-state index in [1.807, 2.05) is 12.1 Å². The van der Waals surface area contributed by atoms with Crippen LogP contribution in [0.3, 0.4) is 0 Å². The Morgan fingerprint density at radius 3 is 1.36 bits per heavy atom. The summed E-state index contributed by atoms with van der Waals surface area (Å²) in [5, 5.41) is 9.50. The smallest absolute Gasteiger partial charge is 0.115 e. The number of aryl methyl sites for hydroxylation is 1. The topological polar surface area (TPSA) is 20.2 Å². The SMILES string of the molecule is C[Si](C)(C)[Si](CCc1ccc(O)cc1)([Si](C)(C)C)[Si](C)(C)C. The van der Waals surface area contributed by atoms with E-state index in [1.165, 1.54) is 18.0 Å². The highest BCUT2D eigenvalue weighted by Gasteiger charge is 2.60. The van der Waals surface area contributed by atoms with E-state index in [0.29, 0.717) is 5.75 Å². The Morgan fingerprint density at radius 2 is 1.05 bits per heavy atom. The molecule has 0 aromatic heterocycles. The van der Waals surface area contributed by atoms with Gasteiger partial charge < -0.3 is 5.11 Å². The lowest BCUT2D eigenvalue weighted by molar-refractivity contribution is 0.475. The number of hydrogen-bond donors (Lipinski definition) is 1. The first kappa shape index (κ1) is 19.9. The molecule has 1 N–H and O–H groups in total. The van der Waals surface area contributed by atoms with Gasteiger partial charge in [0.05, 0.1) is 0 Å². The van der Waals surface area contributed by atoms with E-state index in [2.05, 4.69) is 71.1 Å². The lowest BCUT2D eigenvalue weighted by Gasteiger charge is -2.58. The molecular formula is C17H36OSi4. The zero-order valence-electron chi connectivity index (χ0n) is 16.2. The number of aromatic hydroxyl groups is 1. The van der Waals surface area contributed by atoms with Crippen molar-refractivity contribution in [2.75, 3.05) is 0 Å². The average molecular weight is 369 g/mol. The maximum Gasteiger partial charge on any atom is 0.115 e. The van der Waals surface area contributed by atoms with E-state index in [4.69, 9.17) is 0 Å². The predicted molar refractivity (Wildman–Crippen MR) is 112 cm³/mol. The molecule has 0 aliphatic rings. The predicted octanol–water partition coefficient (Wildman–Crippen LogP) is 5.63. The Morgan fingerprint density at radius 1 is 0.682 bits per heavy atom. The van der Waals surface area contributed by atoms with Gasteiger partial charge in [0, 0.05) is 29.4 Å². The summed E-state index contributed by atoms with van der Waals surface area (Å²) in [6, 6.07) is 9.39. The molecule has 0 fully saturated rings. The first-order valence-electron chi connectivity index (χ1n) is 8.50. The van der Waals surface area contributed by atoms with Crippen LogP contribution >= 0.6 is 0 Å². The lowest BCUT2D eigenvalue weighted by Crippen LogP contribution is -2.82. The summed E-state index contributed by atoms with van der Waals surface area (Å²) in [6.07, 6.45) is 1.21. The standard InChI is InChI=1S/C17H36OSi4/c1-19(2,3)22(20(4,5)6,21(7,8)9)15-14-16-10-12-17(18)13-11-16/h10-13,18H,14-15H2,1-9H3. The van der Waals surface area contributed by atoms with Gasteiger partial charge in [0.25, 0.3) is 0 Å². The Bertz CT molecular complexity index is 453. The third-order valence-corrected chi connectivity index (χ3v) is 80.0. The van der Waals surface area contributed by atoms with Gasteiger partial charge in [0.2, 0.25) is 0 Å². The monoisotopic (exact) mass is 368 g/mol. The summed E-state index contributed by atoms with van der Waals surface area (Å²) in [6.45, 7) is 22.7. The number of phenolic OH excluding ortho intramolecular Hbond substituents is 1. The van der Waals surface area contributed by atoms with E-state index in [0.717, 1.165) is 0 Å². The van der Waals surface area contributed by atoms with Gasteiger partial charge in [0.1, 0.15) is 5.75 Å². The van der Waals surface area contributed by atoms with Gasteiger partial charge in [-0.3, -0.25) is 0 Å². The molecule has 0 heterocycles. The number of benzene rings is 1. The van der Waals surface area contributed by atoms with Crippen molar-refractivity contribution in [2.24, 2.45) is 0 Å². The molecule has 126 valence electrons. The van der Waals surface area contributed by atoms with Gasteiger partial charge in [-0.15, -0.1) is 0 Å². The maximum absolute atomic E-state index is 9.50. The summed E-state index contributed by atoms with van der Waals surface area (Å²) < 4.78 is 0. The first-order chi connectivity index (χ1) is 9.72. The van der Waals surface area contributed by atoms with Crippen molar-refractivity contribution in [3.05, 3.63) is 29.8 Å². The lowest BCUT2D eigenvalue weighted by atomic mass is 10.2. The summed E-state index contributed by atoms with van der Waals surface area (Å²) in [5.41, 5.74) is 1.41. The van der Waals surface area contributed by atoms with Gasteiger partial charge in [0.15, 0.2) is 0 Å². The normalized spacial score (nSPS) is 14.2. The second kappa shape index (κ2) is 6.41. The Hall–Kier alpha value is -0.112. The summed E-state index contributed by atoms with van der Waals surface area (Å²) in [4.78, 5) is 0. The van der Waals surface area contributed by atoms with Gasteiger partial charge in [-0.25, -0.2) is 0 Å². The largest absolute Gasteiger partial charge is 0.508 e. The van der Waals surface area contributed by atoms with Crippen molar-refractivity contribution in [2.45, 2.75) is 71.4 Å². The van der Waals surface area contributed by atoms with Crippen molar-refractivity contribution in [3.8, 4) is 5.75 Å². The first-order valence-corrected chi connectivity index (χ1v) is 24.2. The van der Waals surface area contributed by atoms with Crippen LogP contribution in [-0.4, -0.2) is 34.5 Å². The van der Waals surface area contributed by atoms with Gasteiger partial charge in [-0.05, 0) is 24.1 Å². The highest BCUT2D eigenvalue weighted by Crippen LogP contribution is 2.40. The van der Waals surface area contributed by atoms with Gasteiger partial charge in [-0.2, -0.15) is 0 Å². The quantitative estimate of drug-likeness (QED) is 0.645. The molecule has 0 amide bonds. The minimum Gasteiger partial charge on any atom is -0.508 e. The van der Waals surface area contributed by atoms with Crippen LogP contribution in [0.25, 0.3) is 0 Å². The van der Waals surface area contributed by atoms with Crippen LogP contribution in [0.1, 0.15) is 5.56 Å². The summed E-state index contributed by atoms with van der Waals surface area (Å²) in [5.74, 6) is 0.382. The average Bonchev–Trinajstić information content (AvgIpc) is 2.26. The molecule has 1 aromatic rings. The molecule has 0 atom stereocenters. The zero-order valence-corrected chi connectivity index (χ0v) is 20.2. The molecule has 0 aliphatic heterocycles. The maximum atomic E-state index is 9.50. The number of hydrogen-bond acceptors (Lipinski definition) is 1. The van der Waals surface area contributed by atoms with Crippen LogP contribution < -0.4 is 0 Å². The van der Waals surface area contributed by atoms with Crippen molar-refractivity contribution in [1.82, 2.24) is 0 Å². The fraction of sp³-hybridized carbons (Fsp3) is 0.647. The molecule has 1 aromatic carbocycles. The molecule has 0 saturated carbocycles. The molecule has 0 aliphatic carbocycles. The Kier molecular flexibility index (Phi) is 5.81. The van der Waals surface area contributed by atoms with Crippen LogP contribution in [0.4, 0.5) is 0 Å². The van der Waals surface area contributed by atoms with E-state index in [9.17, 15) is 5.11 Å². The highest BCUT2D eigenvalue weighted by atomic mass is 29.9. The van der Waals surface area contributed by atoms with E-state index >= 15 is 0 Å². The minimum atomic E-state index is -1.24. The Labute approximate surface area is 141 Å². The number of rotatable bonds is 6. The van der Waals surface area contributed by atoms with Crippen LogP contribution in [0.2, 0.25) is 65.0 Å².